The van der Waals surface area contributed by atoms with Crippen molar-refractivity contribution in [3.05, 3.63) is 84.4 Å². The van der Waals surface area contributed by atoms with Crippen molar-refractivity contribution in [1.29, 1.82) is 0 Å². The largest absolute Gasteiger partial charge is 0.489 e. The highest BCUT2D eigenvalue weighted by atomic mass is 32.2. The van der Waals surface area contributed by atoms with E-state index in [4.69, 9.17) is 4.74 Å². The summed E-state index contributed by atoms with van der Waals surface area (Å²) < 4.78 is 32.6. The standard InChI is InChI=1S/C26H29N3O4S/c1-20(27-22-9-13-24(14-10-22)33-19-21-7-3-2-4-8-21)26(30)28-23-11-15-25(16-12-23)34(31,32)29-17-5-6-18-29/h2-4,7-16,20,27H,5-6,17-19H2,1H3,(H,28,30)/t20-/m0/s1. The van der Waals surface area contributed by atoms with E-state index < -0.39 is 16.1 Å². The number of nitrogens with zero attached hydrogens (tertiary/aromatic N) is 1. The van der Waals surface area contributed by atoms with Crippen molar-refractivity contribution in [3.63, 3.8) is 0 Å². The van der Waals surface area contributed by atoms with Gasteiger partial charge in [0.1, 0.15) is 18.4 Å². The Morgan fingerprint density at radius 3 is 2.18 bits per heavy atom. The van der Waals surface area contributed by atoms with Gasteiger partial charge in [0.2, 0.25) is 15.9 Å². The molecule has 1 heterocycles. The minimum atomic E-state index is -3.47. The van der Waals surface area contributed by atoms with Crippen LogP contribution in [0.3, 0.4) is 0 Å². The Morgan fingerprint density at radius 2 is 1.53 bits per heavy atom. The van der Waals surface area contributed by atoms with Gasteiger partial charge in [0.15, 0.2) is 0 Å². The Balaban J connectivity index is 1.29. The Bertz CT molecular complexity index is 1190. The molecule has 1 aliphatic rings. The second-order valence-electron chi connectivity index (χ2n) is 8.29. The van der Waals surface area contributed by atoms with E-state index in [-0.39, 0.29) is 10.8 Å². The predicted molar refractivity (Wildman–Crippen MR) is 133 cm³/mol. The van der Waals surface area contributed by atoms with Crippen molar-refractivity contribution in [2.75, 3.05) is 23.7 Å². The lowest BCUT2D eigenvalue weighted by atomic mass is 10.2. The van der Waals surface area contributed by atoms with Gasteiger partial charge in [-0.25, -0.2) is 8.42 Å². The van der Waals surface area contributed by atoms with Crippen molar-refractivity contribution in [1.82, 2.24) is 4.31 Å². The maximum Gasteiger partial charge on any atom is 0.246 e. The fraction of sp³-hybridized carbons (Fsp3) is 0.269. The number of carbonyl (C=O) groups is 1. The number of benzene rings is 3. The third-order valence-electron chi connectivity index (χ3n) is 5.70. The summed E-state index contributed by atoms with van der Waals surface area (Å²) in [6.45, 7) is 3.38. The van der Waals surface area contributed by atoms with Gasteiger partial charge in [-0.2, -0.15) is 4.31 Å². The van der Waals surface area contributed by atoms with E-state index in [1.807, 2.05) is 54.6 Å². The highest BCUT2D eigenvalue weighted by Crippen LogP contribution is 2.23. The normalized spacial score (nSPS) is 15.0. The van der Waals surface area contributed by atoms with Crippen LogP contribution in [0.2, 0.25) is 0 Å². The molecule has 3 aromatic rings. The fourth-order valence-electron chi connectivity index (χ4n) is 3.74. The van der Waals surface area contributed by atoms with Gasteiger partial charge in [-0.3, -0.25) is 4.79 Å². The molecule has 0 aliphatic carbocycles. The Morgan fingerprint density at radius 1 is 0.912 bits per heavy atom. The molecular weight excluding hydrogens is 450 g/mol. The molecule has 1 aliphatic heterocycles. The Hall–Kier alpha value is -3.36. The van der Waals surface area contributed by atoms with Crippen molar-refractivity contribution < 1.29 is 17.9 Å². The van der Waals surface area contributed by atoms with Gasteiger partial charge in [0.25, 0.3) is 0 Å². The second-order valence-corrected chi connectivity index (χ2v) is 10.2. The van der Waals surface area contributed by atoms with E-state index in [1.54, 1.807) is 19.1 Å². The van der Waals surface area contributed by atoms with Crippen LogP contribution in [-0.2, 0) is 21.4 Å². The lowest BCUT2D eigenvalue weighted by molar-refractivity contribution is -0.116. The number of sulfonamides is 1. The van der Waals surface area contributed by atoms with E-state index in [0.717, 1.165) is 29.8 Å². The third-order valence-corrected chi connectivity index (χ3v) is 7.62. The second kappa shape index (κ2) is 10.7. The van der Waals surface area contributed by atoms with E-state index in [9.17, 15) is 13.2 Å². The van der Waals surface area contributed by atoms with Crippen LogP contribution in [0.25, 0.3) is 0 Å². The summed E-state index contributed by atoms with van der Waals surface area (Å²) >= 11 is 0. The molecule has 1 fully saturated rings. The van der Waals surface area contributed by atoms with Gasteiger partial charge < -0.3 is 15.4 Å². The topological polar surface area (TPSA) is 87.7 Å². The van der Waals surface area contributed by atoms with Crippen LogP contribution >= 0.6 is 0 Å². The molecule has 0 radical (unpaired) electrons. The Kier molecular flexibility index (Phi) is 7.49. The molecule has 0 unspecified atom stereocenters. The molecule has 4 rings (SSSR count). The fourth-order valence-corrected chi connectivity index (χ4v) is 5.26. The van der Waals surface area contributed by atoms with E-state index in [0.29, 0.717) is 25.4 Å². The van der Waals surface area contributed by atoms with Gasteiger partial charge in [-0.15, -0.1) is 0 Å². The first-order valence-electron chi connectivity index (χ1n) is 11.4. The number of hydrogen-bond acceptors (Lipinski definition) is 5. The van der Waals surface area contributed by atoms with Crippen LogP contribution in [0.4, 0.5) is 11.4 Å². The highest BCUT2D eigenvalue weighted by molar-refractivity contribution is 7.89. The van der Waals surface area contributed by atoms with Gasteiger partial charge in [0.05, 0.1) is 4.90 Å². The quantitative estimate of drug-likeness (QED) is 0.472. The number of amides is 1. The summed E-state index contributed by atoms with van der Waals surface area (Å²) in [5.74, 6) is 0.523. The van der Waals surface area contributed by atoms with Crippen LogP contribution in [0, 0.1) is 0 Å². The summed E-state index contributed by atoms with van der Waals surface area (Å²) in [4.78, 5) is 12.9. The molecule has 0 aromatic heterocycles. The van der Waals surface area contributed by atoms with Crippen LogP contribution in [-0.4, -0.2) is 37.8 Å². The van der Waals surface area contributed by atoms with Crippen molar-refractivity contribution >= 4 is 27.3 Å². The lowest BCUT2D eigenvalue weighted by Crippen LogP contribution is -2.32. The number of anilines is 2. The van der Waals surface area contributed by atoms with Gasteiger partial charge >= 0.3 is 0 Å². The summed E-state index contributed by atoms with van der Waals surface area (Å²) in [6, 6.07) is 23.2. The zero-order valence-corrected chi connectivity index (χ0v) is 19.9. The smallest absolute Gasteiger partial charge is 0.246 e. The lowest BCUT2D eigenvalue weighted by Gasteiger charge is -2.17. The first kappa shape index (κ1) is 23.8. The third kappa shape index (κ3) is 5.95. The van der Waals surface area contributed by atoms with Crippen LogP contribution in [0.1, 0.15) is 25.3 Å². The molecule has 0 bridgehead atoms. The summed E-state index contributed by atoms with van der Waals surface area (Å²) in [5.41, 5.74) is 2.43. The summed E-state index contributed by atoms with van der Waals surface area (Å²) in [5, 5.41) is 5.99. The van der Waals surface area contributed by atoms with Crippen LogP contribution < -0.4 is 15.4 Å². The number of hydrogen-bond donors (Lipinski definition) is 2. The SMILES string of the molecule is C[C@H](Nc1ccc(OCc2ccccc2)cc1)C(=O)Nc1ccc(S(=O)(=O)N2CCCC2)cc1. The zero-order chi connectivity index (χ0) is 24.0. The molecule has 2 N–H and O–H groups in total. The summed E-state index contributed by atoms with van der Waals surface area (Å²) in [6.07, 6.45) is 1.78. The molecule has 0 saturated carbocycles. The monoisotopic (exact) mass is 479 g/mol. The maximum absolute atomic E-state index is 12.6. The highest BCUT2D eigenvalue weighted by Gasteiger charge is 2.27. The van der Waals surface area contributed by atoms with E-state index >= 15 is 0 Å². The molecule has 1 atom stereocenters. The van der Waals surface area contributed by atoms with Crippen LogP contribution in [0.5, 0.6) is 5.75 Å². The van der Waals surface area contributed by atoms with Gasteiger partial charge in [-0.1, -0.05) is 30.3 Å². The average molecular weight is 480 g/mol. The molecule has 34 heavy (non-hydrogen) atoms. The number of carbonyl (C=O) groups excluding carboxylic acids is 1. The molecule has 178 valence electrons. The van der Waals surface area contributed by atoms with Gasteiger partial charge in [0, 0.05) is 24.5 Å². The minimum absolute atomic E-state index is 0.223. The maximum atomic E-state index is 12.6. The molecule has 1 saturated heterocycles. The number of ether oxygens (including phenoxy) is 1. The molecule has 7 nitrogen and oxygen atoms in total. The molecular formula is C26H29N3O4S. The van der Waals surface area contributed by atoms with Crippen molar-refractivity contribution in [2.24, 2.45) is 0 Å². The van der Waals surface area contributed by atoms with Crippen molar-refractivity contribution in [3.8, 4) is 5.75 Å². The molecule has 8 heteroatoms. The first-order valence-corrected chi connectivity index (χ1v) is 12.8. The average Bonchev–Trinajstić information content (AvgIpc) is 3.41. The predicted octanol–water partition coefficient (Wildman–Crippen LogP) is 4.49. The molecule has 1 amide bonds. The summed E-state index contributed by atoms with van der Waals surface area (Å²) in [7, 11) is -3.47. The van der Waals surface area contributed by atoms with Gasteiger partial charge in [-0.05, 0) is 73.9 Å². The van der Waals surface area contributed by atoms with Crippen LogP contribution in [0.15, 0.2) is 83.8 Å². The zero-order valence-electron chi connectivity index (χ0n) is 19.1. The van der Waals surface area contributed by atoms with Crippen molar-refractivity contribution in [2.45, 2.75) is 37.3 Å². The number of nitrogens with one attached hydrogen (secondary N) is 2. The molecule has 3 aromatic carbocycles. The van der Waals surface area contributed by atoms with E-state index in [1.165, 1.54) is 16.4 Å². The molecule has 0 spiro atoms. The first-order chi connectivity index (χ1) is 16.4. The minimum Gasteiger partial charge on any atom is -0.489 e. The van der Waals surface area contributed by atoms with E-state index in [2.05, 4.69) is 10.6 Å². The Labute approximate surface area is 200 Å². The number of rotatable bonds is 9.